The summed E-state index contributed by atoms with van der Waals surface area (Å²) in [6, 6.07) is -0.901. The Morgan fingerprint density at radius 3 is 2.53 bits per heavy atom. The van der Waals surface area contributed by atoms with Crippen LogP contribution >= 0.6 is 11.8 Å². The number of hydrogen-bond donors (Lipinski definition) is 1. The van der Waals surface area contributed by atoms with E-state index in [4.69, 9.17) is 4.84 Å². The molecule has 9 heteroatoms. The molecule has 0 aromatic heterocycles. The summed E-state index contributed by atoms with van der Waals surface area (Å²) in [6.45, 7) is 12.9. The van der Waals surface area contributed by atoms with Gasteiger partial charge in [0.15, 0.2) is 17.1 Å². The van der Waals surface area contributed by atoms with E-state index in [0.717, 1.165) is 12.3 Å². The lowest BCUT2D eigenvalue weighted by molar-refractivity contribution is -0.263. The van der Waals surface area contributed by atoms with Gasteiger partial charge in [-0.2, -0.15) is 5.06 Å². The van der Waals surface area contributed by atoms with Crippen molar-refractivity contribution in [3.05, 3.63) is 23.8 Å². The number of carbonyl (C=O) groups excluding carboxylic acids is 2. The number of rotatable bonds is 4. The summed E-state index contributed by atoms with van der Waals surface area (Å²) < 4.78 is 46.2. The molecule has 5 rings (SSSR count). The number of carbonyl (C=O) groups is 2. The van der Waals surface area contributed by atoms with Gasteiger partial charge in [0, 0.05) is 35.8 Å². The quantitative estimate of drug-likeness (QED) is 0.473. The molecule has 0 radical (unpaired) electrons. The number of halogens is 3. The lowest BCUT2D eigenvalue weighted by atomic mass is 9.44. The highest BCUT2D eigenvalue weighted by molar-refractivity contribution is 8.13. The number of ketones is 1. The van der Waals surface area contributed by atoms with Crippen molar-refractivity contribution in [1.29, 1.82) is 0 Å². The molecule has 5 nitrogen and oxygen atoms in total. The lowest BCUT2D eigenvalue weighted by Gasteiger charge is -2.63. The van der Waals surface area contributed by atoms with Gasteiger partial charge in [-0.05, 0) is 62.2 Å². The molecule has 3 saturated carbocycles. The van der Waals surface area contributed by atoms with Gasteiger partial charge in [-0.3, -0.25) is 14.4 Å². The Bertz CT molecular complexity index is 1020. The maximum atomic E-state index is 17.3. The summed E-state index contributed by atoms with van der Waals surface area (Å²) in [4.78, 5) is 31.8. The lowest BCUT2D eigenvalue weighted by Crippen LogP contribution is -2.70. The van der Waals surface area contributed by atoms with E-state index in [0.29, 0.717) is 31.3 Å². The van der Waals surface area contributed by atoms with Gasteiger partial charge in [-0.1, -0.05) is 52.5 Å². The molecule has 214 valence electrons. The molecule has 1 N–H and O–H groups in total. The Morgan fingerprint density at radius 1 is 1.26 bits per heavy atom. The normalized spacial score (nSPS) is 45.5. The molecule has 0 aromatic carbocycles. The van der Waals surface area contributed by atoms with Crippen LogP contribution in [0.2, 0.25) is 0 Å². The van der Waals surface area contributed by atoms with E-state index in [-0.39, 0.29) is 30.1 Å². The largest absolute Gasteiger partial charge is 0.390 e. The van der Waals surface area contributed by atoms with Crippen molar-refractivity contribution in [2.24, 2.45) is 34.5 Å². The van der Waals surface area contributed by atoms with Crippen molar-refractivity contribution in [3.8, 4) is 0 Å². The fraction of sp³-hybridized carbons (Fsp3) is 0.793. The van der Waals surface area contributed by atoms with Crippen LogP contribution in [0.3, 0.4) is 0 Å². The zero-order valence-electron chi connectivity index (χ0n) is 23.3. The van der Waals surface area contributed by atoms with Gasteiger partial charge in [-0.15, -0.1) is 0 Å². The predicted molar refractivity (Wildman–Crippen MR) is 142 cm³/mol. The monoisotopic (exact) mass is 557 g/mol. The number of hydroxylamine groups is 2. The highest BCUT2D eigenvalue weighted by Gasteiger charge is 2.79. The van der Waals surface area contributed by atoms with Gasteiger partial charge in [-0.25, -0.2) is 13.2 Å². The Balaban J connectivity index is 0.000000786. The second-order valence-corrected chi connectivity index (χ2v) is 13.7. The molecule has 0 aromatic rings. The fourth-order valence-electron chi connectivity index (χ4n) is 8.20. The first-order valence-electron chi connectivity index (χ1n) is 13.9. The minimum atomic E-state index is -2.21. The van der Waals surface area contributed by atoms with Crippen LogP contribution in [0.5, 0.6) is 0 Å². The molecule has 4 fully saturated rings. The maximum absolute atomic E-state index is 17.3. The zero-order chi connectivity index (χ0) is 28.3. The molecular formula is C29H42F3NO4S. The van der Waals surface area contributed by atoms with Crippen molar-refractivity contribution in [1.82, 2.24) is 5.06 Å². The van der Waals surface area contributed by atoms with Gasteiger partial charge in [0.05, 0.1) is 6.10 Å². The Morgan fingerprint density at radius 2 is 1.92 bits per heavy atom. The third-order valence-corrected chi connectivity index (χ3v) is 10.3. The van der Waals surface area contributed by atoms with E-state index in [9.17, 15) is 19.1 Å². The number of thioether (sulfide) groups is 1. The van der Waals surface area contributed by atoms with E-state index in [1.54, 1.807) is 12.0 Å². The number of hydrogen-bond acceptors (Lipinski definition) is 6. The topological polar surface area (TPSA) is 66.8 Å². The smallest absolute Gasteiger partial charge is 0.226 e. The molecule has 1 saturated heterocycles. The predicted octanol–water partition coefficient (Wildman–Crippen LogP) is 5.78. The molecule has 5 aliphatic rings. The average Bonchev–Trinajstić information content (AvgIpc) is 3.30. The van der Waals surface area contributed by atoms with Gasteiger partial charge >= 0.3 is 0 Å². The van der Waals surface area contributed by atoms with E-state index >= 15 is 8.78 Å². The van der Waals surface area contributed by atoms with Crippen molar-refractivity contribution in [2.45, 2.75) is 90.8 Å². The number of aliphatic hydroxyl groups is 1. The minimum Gasteiger partial charge on any atom is -0.390 e. The van der Waals surface area contributed by atoms with Gasteiger partial charge in [0.2, 0.25) is 5.12 Å². The van der Waals surface area contributed by atoms with Crippen LogP contribution in [-0.4, -0.2) is 63.7 Å². The Labute approximate surface area is 228 Å². The van der Waals surface area contributed by atoms with Crippen LogP contribution in [0.15, 0.2) is 23.8 Å². The minimum absolute atomic E-state index is 0.0681. The van der Waals surface area contributed by atoms with Crippen LogP contribution < -0.4 is 0 Å². The SMILES string of the molecule is CC(C)C.CCCN1C[C@@H]2C[C@H]3[C@@H]4C[C@H](F)C5=CC(=O)C=C[C@]5(C)[C@@]4(F)[C@@H](O)C[C@]3(C)[C@]2(C(=O)SCF)O1. The van der Waals surface area contributed by atoms with E-state index in [1.807, 2.05) is 13.8 Å². The zero-order valence-corrected chi connectivity index (χ0v) is 24.1. The van der Waals surface area contributed by atoms with Crippen LogP contribution in [0.25, 0.3) is 0 Å². The number of fused-ring (bicyclic) bond motifs is 7. The molecular weight excluding hydrogens is 515 g/mol. The molecule has 9 atom stereocenters. The average molecular weight is 558 g/mol. The molecule has 1 aliphatic heterocycles. The second kappa shape index (κ2) is 10.3. The summed E-state index contributed by atoms with van der Waals surface area (Å²) in [6.07, 6.45) is 1.76. The first-order chi connectivity index (χ1) is 17.7. The van der Waals surface area contributed by atoms with Gasteiger partial charge in [0.25, 0.3) is 0 Å². The van der Waals surface area contributed by atoms with Crippen molar-refractivity contribution in [2.75, 3.05) is 19.1 Å². The highest BCUT2D eigenvalue weighted by Crippen LogP contribution is 2.73. The summed E-state index contributed by atoms with van der Waals surface area (Å²) in [5.41, 5.74) is -6.00. The van der Waals surface area contributed by atoms with E-state index in [1.165, 1.54) is 18.2 Å². The van der Waals surface area contributed by atoms with Gasteiger partial charge < -0.3 is 5.11 Å². The number of aliphatic hydroxyl groups excluding tert-OH is 1. The molecule has 4 aliphatic carbocycles. The first kappa shape index (κ1) is 29.8. The molecule has 0 bridgehead atoms. The molecule has 0 amide bonds. The van der Waals surface area contributed by atoms with Crippen molar-refractivity contribution < 1.29 is 32.7 Å². The van der Waals surface area contributed by atoms with Crippen LogP contribution in [0.4, 0.5) is 13.2 Å². The molecule has 0 spiro atoms. The number of allylic oxidation sites excluding steroid dienone is 4. The van der Waals surface area contributed by atoms with Crippen molar-refractivity contribution in [3.63, 3.8) is 0 Å². The summed E-state index contributed by atoms with van der Waals surface area (Å²) in [5.74, 6) is -1.19. The molecule has 0 unspecified atom stereocenters. The Kier molecular flexibility index (Phi) is 8.12. The van der Waals surface area contributed by atoms with E-state index < -0.39 is 57.3 Å². The van der Waals surface area contributed by atoms with Crippen LogP contribution in [0, 0.1) is 34.5 Å². The summed E-state index contributed by atoms with van der Waals surface area (Å²) in [5, 5.41) is 12.7. The Hall–Kier alpha value is -1.16. The van der Waals surface area contributed by atoms with E-state index in [2.05, 4.69) is 20.8 Å². The first-order valence-corrected chi connectivity index (χ1v) is 14.8. The highest BCUT2D eigenvalue weighted by atomic mass is 32.2. The summed E-state index contributed by atoms with van der Waals surface area (Å²) in [7, 11) is 0. The van der Waals surface area contributed by atoms with Crippen molar-refractivity contribution >= 4 is 22.7 Å². The standard InChI is InChI=1S/C25H32F3NO4S.C4H10/c1-4-7-29-12-14-8-16-17-10-19(27)18-9-15(30)5-6-22(18,2)24(17,28)20(31)11-23(16,3)25(14,33-29)21(32)34-13-26;1-4(2)3/h5-6,9,14,16-17,19-20,31H,4,7-8,10-13H2,1-3H3;4H,1-3H3/t14-,16-,17-,19-,20-,22-,23-,24-,25-;/m0./s1. The third kappa shape index (κ3) is 4.08. The summed E-state index contributed by atoms with van der Waals surface area (Å²) >= 11 is 0.554. The van der Waals surface area contributed by atoms with Crippen LogP contribution in [-0.2, 0) is 14.4 Å². The number of alkyl halides is 3. The number of nitrogens with zero attached hydrogens (tertiary/aromatic N) is 1. The van der Waals surface area contributed by atoms with Gasteiger partial charge in [0.1, 0.15) is 12.2 Å². The second-order valence-electron chi connectivity index (χ2n) is 12.8. The molecule has 38 heavy (non-hydrogen) atoms. The van der Waals surface area contributed by atoms with Crippen LogP contribution in [0.1, 0.15) is 67.2 Å². The third-order valence-electron chi connectivity index (χ3n) is 9.64. The maximum Gasteiger partial charge on any atom is 0.226 e. The molecule has 1 heterocycles. The fourth-order valence-corrected chi connectivity index (χ4v) is 8.95.